The lowest BCUT2D eigenvalue weighted by Crippen LogP contribution is -2.45. The van der Waals surface area contributed by atoms with Crippen LogP contribution in [-0.4, -0.2) is 28.5 Å². The van der Waals surface area contributed by atoms with Crippen LogP contribution in [-0.2, 0) is 4.79 Å². The van der Waals surface area contributed by atoms with Gasteiger partial charge in [-0.05, 0) is 43.7 Å². The Morgan fingerprint density at radius 2 is 2.10 bits per heavy atom. The summed E-state index contributed by atoms with van der Waals surface area (Å²) in [7, 11) is 0. The zero-order chi connectivity index (χ0) is 15.5. The van der Waals surface area contributed by atoms with E-state index in [1.54, 1.807) is 6.07 Å². The first-order valence-electron chi connectivity index (χ1n) is 7.16. The molecule has 2 rings (SSSR count). The van der Waals surface area contributed by atoms with E-state index in [1.165, 1.54) is 12.3 Å². The first-order chi connectivity index (χ1) is 9.93. The number of hydrogen-bond acceptors (Lipinski definition) is 4. The highest BCUT2D eigenvalue weighted by Gasteiger charge is 2.41. The van der Waals surface area contributed by atoms with E-state index in [-0.39, 0.29) is 18.1 Å². The molecule has 6 nitrogen and oxygen atoms in total. The molecule has 4 N–H and O–H groups in total. The molecular formula is C15H21N3O3. The second-order valence-electron chi connectivity index (χ2n) is 5.93. The molecule has 0 aromatic carbocycles. The Balaban J connectivity index is 2.00. The van der Waals surface area contributed by atoms with Crippen molar-refractivity contribution < 1.29 is 14.7 Å². The summed E-state index contributed by atoms with van der Waals surface area (Å²) in [4.78, 5) is 27.6. The number of rotatable bonds is 4. The lowest BCUT2D eigenvalue weighted by atomic mass is 9.71. The fourth-order valence-electron chi connectivity index (χ4n) is 2.66. The van der Waals surface area contributed by atoms with Crippen molar-refractivity contribution >= 4 is 17.6 Å². The van der Waals surface area contributed by atoms with Gasteiger partial charge in [0.1, 0.15) is 5.69 Å². The summed E-state index contributed by atoms with van der Waals surface area (Å²) in [5.41, 5.74) is 5.39. The molecule has 0 radical (unpaired) electrons. The van der Waals surface area contributed by atoms with Crippen molar-refractivity contribution in [3.8, 4) is 0 Å². The van der Waals surface area contributed by atoms with Crippen LogP contribution in [0.5, 0.6) is 0 Å². The highest BCUT2D eigenvalue weighted by atomic mass is 16.4. The summed E-state index contributed by atoms with van der Waals surface area (Å²) < 4.78 is 0. The highest BCUT2D eigenvalue weighted by Crippen LogP contribution is 2.38. The molecule has 1 aromatic heterocycles. The maximum atomic E-state index is 12.0. The maximum absolute atomic E-state index is 12.0. The van der Waals surface area contributed by atoms with Crippen molar-refractivity contribution in [2.24, 2.45) is 11.3 Å². The predicted molar refractivity (Wildman–Crippen MR) is 78.7 cm³/mol. The Morgan fingerprint density at radius 1 is 1.43 bits per heavy atom. The number of carboxylic acid groups (broad SMARTS) is 1. The molecule has 1 aliphatic carbocycles. The SMILES string of the molecule is CC1CCC(CNC(=O)c2ccc(N)cn2)(C(=O)O)CC1. The van der Waals surface area contributed by atoms with Crippen LogP contribution in [0.1, 0.15) is 43.1 Å². The van der Waals surface area contributed by atoms with E-state index in [4.69, 9.17) is 5.73 Å². The van der Waals surface area contributed by atoms with Crippen LogP contribution in [0.15, 0.2) is 18.3 Å². The number of carbonyl (C=O) groups excluding carboxylic acids is 1. The third-order valence-electron chi connectivity index (χ3n) is 4.29. The molecule has 0 atom stereocenters. The average molecular weight is 291 g/mol. The predicted octanol–water partition coefficient (Wildman–Crippen LogP) is 1.67. The third kappa shape index (κ3) is 3.51. The Kier molecular flexibility index (Phi) is 4.45. The molecule has 1 aliphatic rings. The fraction of sp³-hybridized carbons (Fsp3) is 0.533. The van der Waals surface area contributed by atoms with Gasteiger partial charge in [0.2, 0.25) is 0 Å². The van der Waals surface area contributed by atoms with Crippen LogP contribution in [0.25, 0.3) is 0 Å². The van der Waals surface area contributed by atoms with Gasteiger partial charge in [0.05, 0.1) is 17.3 Å². The number of carbonyl (C=O) groups is 2. The van der Waals surface area contributed by atoms with Gasteiger partial charge in [-0.3, -0.25) is 9.59 Å². The van der Waals surface area contributed by atoms with Crippen molar-refractivity contribution in [1.29, 1.82) is 0 Å². The molecule has 1 amide bonds. The molecule has 114 valence electrons. The highest BCUT2D eigenvalue weighted by molar-refractivity contribution is 5.92. The molecule has 0 unspecified atom stereocenters. The van der Waals surface area contributed by atoms with E-state index >= 15 is 0 Å². The monoisotopic (exact) mass is 291 g/mol. The summed E-state index contributed by atoms with van der Waals surface area (Å²) in [6, 6.07) is 3.12. The smallest absolute Gasteiger partial charge is 0.311 e. The van der Waals surface area contributed by atoms with Crippen molar-refractivity contribution in [1.82, 2.24) is 10.3 Å². The summed E-state index contributed by atoms with van der Waals surface area (Å²) in [5, 5.41) is 12.2. The summed E-state index contributed by atoms with van der Waals surface area (Å²) >= 11 is 0. The molecular weight excluding hydrogens is 270 g/mol. The van der Waals surface area contributed by atoms with Gasteiger partial charge < -0.3 is 16.2 Å². The van der Waals surface area contributed by atoms with E-state index in [2.05, 4.69) is 17.2 Å². The number of nitrogen functional groups attached to an aromatic ring is 1. The molecule has 0 bridgehead atoms. The number of amides is 1. The number of nitrogens with one attached hydrogen (secondary N) is 1. The van der Waals surface area contributed by atoms with Gasteiger partial charge >= 0.3 is 5.97 Å². The number of aromatic nitrogens is 1. The minimum Gasteiger partial charge on any atom is -0.481 e. The Labute approximate surface area is 123 Å². The lowest BCUT2D eigenvalue weighted by Gasteiger charge is -2.35. The topological polar surface area (TPSA) is 105 Å². The third-order valence-corrected chi connectivity index (χ3v) is 4.29. The minimum absolute atomic E-state index is 0.139. The zero-order valence-electron chi connectivity index (χ0n) is 12.1. The van der Waals surface area contributed by atoms with Crippen LogP contribution in [0.2, 0.25) is 0 Å². The van der Waals surface area contributed by atoms with E-state index < -0.39 is 11.4 Å². The molecule has 0 spiro atoms. The maximum Gasteiger partial charge on any atom is 0.311 e. The Hall–Kier alpha value is -2.11. The van der Waals surface area contributed by atoms with Crippen LogP contribution in [0, 0.1) is 11.3 Å². The van der Waals surface area contributed by atoms with Crippen LogP contribution in [0.3, 0.4) is 0 Å². The van der Waals surface area contributed by atoms with E-state index in [1.807, 2.05) is 0 Å². The van der Waals surface area contributed by atoms with Crippen molar-refractivity contribution in [3.05, 3.63) is 24.0 Å². The number of carboxylic acids is 1. The molecule has 21 heavy (non-hydrogen) atoms. The molecule has 1 aromatic rings. The quantitative estimate of drug-likeness (QED) is 0.782. The standard InChI is InChI=1S/C15H21N3O3/c1-10-4-6-15(7-5-10,14(20)21)9-18-13(19)12-3-2-11(16)8-17-12/h2-3,8,10H,4-7,9,16H2,1H3,(H,18,19)(H,20,21). The number of aliphatic carboxylic acids is 1. The van der Waals surface area contributed by atoms with E-state index in [9.17, 15) is 14.7 Å². The Bertz CT molecular complexity index is 519. The summed E-state index contributed by atoms with van der Waals surface area (Å²) in [6.07, 6.45) is 4.35. The summed E-state index contributed by atoms with van der Waals surface area (Å²) in [5.74, 6) is -0.652. The van der Waals surface area contributed by atoms with Gasteiger partial charge in [-0.15, -0.1) is 0 Å². The lowest BCUT2D eigenvalue weighted by molar-refractivity contribution is -0.151. The zero-order valence-corrected chi connectivity index (χ0v) is 12.1. The first kappa shape index (κ1) is 15.3. The van der Waals surface area contributed by atoms with Crippen LogP contribution in [0.4, 0.5) is 5.69 Å². The van der Waals surface area contributed by atoms with E-state index in [0.29, 0.717) is 24.4 Å². The second kappa shape index (κ2) is 6.11. The molecule has 0 saturated heterocycles. The number of hydrogen-bond donors (Lipinski definition) is 3. The average Bonchev–Trinajstić information content (AvgIpc) is 2.47. The van der Waals surface area contributed by atoms with Gasteiger partial charge in [0.15, 0.2) is 0 Å². The minimum atomic E-state index is -0.851. The number of nitrogens with two attached hydrogens (primary N) is 1. The number of pyridine rings is 1. The summed E-state index contributed by atoms with van der Waals surface area (Å²) in [6.45, 7) is 2.27. The van der Waals surface area contributed by atoms with Crippen LogP contribution >= 0.6 is 0 Å². The fourth-order valence-corrected chi connectivity index (χ4v) is 2.66. The van der Waals surface area contributed by atoms with Crippen LogP contribution < -0.4 is 11.1 Å². The molecule has 1 fully saturated rings. The first-order valence-corrected chi connectivity index (χ1v) is 7.16. The van der Waals surface area contributed by atoms with Gasteiger partial charge in [-0.1, -0.05) is 6.92 Å². The molecule has 6 heteroatoms. The Morgan fingerprint density at radius 3 is 2.62 bits per heavy atom. The number of anilines is 1. The van der Waals surface area contributed by atoms with Gasteiger partial charge in [0, 0.05) is 6.54 Å². The largest absolute Gasteiger partial charge is 0.481 e. The van der Waals surface area contributed by atoms with Crippen molar-refractivity contribution in [3.63, 3.8) is 0 Å². The van der Waals surface area contributed by atoms with E-state index in [0.717, 1.165) is 12.8 Å². The van der Waals surface area contributed by atoms with Crippen molar-refractivity contribution in [2.45, 2.75) is 32.6 Å². The molecule has 1 heterocycles. The van der Waals surface area contributed by atoms with Crippen molar-refractivity contribution in [2.75, 3.05) is 12.3 Å². The molecule has 1 saturated carbocycles. The van der Waals surface area contributed by atoms with Gasteiger partial charge in [-0.25, -0.2) is 4.98 Å². The second-order valence-corrected chi connectivity index (χ2v) is 5.93. The van der Waals surface area contributed by atoms with Gasteiger partial charge in [0.25, 0.3) is 5.91 Å². The normalized spacial score (nSPS) is 25.3. The number of nitrogens with zero attached hydrogens (tertiary/aromatic N) is 1. The van der Waals surface area contributed by atoms with Gasteiger partial charge in [-0.2, -0.15) is 0 Å². The molecule has 0 aliphatic heterocycles.